The summed E-state index contributed by atoms with van der Waals surface area (Å²) in [5.41, 5.74) is 0.741. The summed E-state index contributed by atoms with van der Waals surface area (Å²) in [6.45, 7) is 1.70. The Morgan fingerprint density at radius 3 is 2.64 bits per heavy atom. The number of amides is 1. The van der Waals surface area contributed by atoms with Gasteiger partial charge in [0, 0.05) is 16.6 Å². The van der Waals surface area contributed by atoms with Crippen LogP contribution in [0.5, 0.6) is 0 Å². The number of carboxylic acids is 1. The first-order chi connectivity index (χ1) is 10.5. The summed E-state index contributed by atoms with van der Waals surface area (Å²) < 4.78 is 2.42. The molecule has 0 aliphatic rings. The van der Waals surface area contributed by atoms with E-state index in [9.17, 15) is 9.59 Å². The molecule has 1 heterocycles. The van der Waals surface area contributed by atoms with E-state index in [2.05, 4.69) is 36.8 Å². The van der Waals surface area contributed by atoms with E-state index in [1.165, 1.54) is 4.68 Å². The van der Waals surface area contributed by atoms with Crippen LogP contribution in [0.25, 0.3) is 5.69 Å². The molecule has 8 nitrogen and oxygen atoms in total. The monoisotopic (exact) mass is 365 g/mol. The number of nitrogens with one attached hydrogen (secondary N) is 1. The fourth-order valence-corrected chi connectivity index (χ4v) is 1.97. The molecule has 1 aromatic heterocycles. The van der Waals surface area contributed by atoms with Crippen molar-refractivity contribution in [1.82, 2.24) is 25.5 Å². The molecule has 114 valence electrons. The summed E-state index contributed by atoms with van der Waals surface area (Å²) in [6.07, 6.45) is 1.70. The van der Waals surface area contributed by atoms with Crippen molar-refractivity contribution in [2.24, 2.45) is 0 Å². The smallest absolute Gasteiger partial charge is 0.328 e. The Balaban J connectivity index is 2.16. The first-order valence-electron chi connectivity index (χ1n) is 6.23. The van der Waals surface area contributed by atoms with Gasteiger partial charge in [0.25, 0.3) is 0 Å². The van der Waals surface area contributed by atoms with Gasteiger partial charge in [-0.2, -0.15) is 4.68 Å². The van der Waals surface area contributed by atoms with E-state index in [-0.39, 0.29) is 0 Å². The number of carboxylic acid groups (broad SMARTS) is 1. The fraction of sp³-hybridized carbons (Fsp3) is 0.154. The molecule has 0 saturated carbocycles. The second kappa shape index (κ2) is 6.94. The second-order valence-electron chi connectivity index (χ2n) is 4.33. The zero-order valence-electron chi connectivity index (χ0n) is 11.5. The Kier molecular flexibility index (Phi) is 4.99. The van der Waals surface area contributed by atoms with E-state index in [1.807, 2.05) is 24.3 Å². The minimum absolute atomic E-state index is 0.430. The van der Waals surface area contributed by atoms with Crippen LogP contribution in [0.4, 0.5) is 0 Å². The zero-order valence-corrected chi connectivity index (χ0v) is 13.1. The highest BCUT2D eigenvalue weighted by atomic mass is 79.9. The summed E-state index contributed by atoms with van der Waals surface area (Å²) in [5, 5.41) is 22.5. The van der Waals surface area contributed by atoms with Gasteiger partial charge in [-0.15, -0.1) is 5.10 Å². The molecule has 1 aromatic carbocycles. The van der Waals surface area contributed by atoms with Crippen LogP contribution in [-0.2, 0) is 9.59 Å². The number of hydrogen-bond acceptors (Lipinski definition) is 5. The lowest BCUT2D eigenvalue weighted by atomic mass is 10.2. The van der Waals surface area contributed by atoms with E-state index < -0.39 is 17.9 Å². The van der Waals surface area contributed by atoms with Gasteiger partial charge in [0.2, 0.25) is 5.91 Å². The first kappa shape index (κ1) is 15.8. The first-order valence-corrected chi connectivity index (χ1v) is 7.02. The minimum Gasteiger partial charge on any atom is -0.478 e. The summed E-state index contributed by atoms with van der Waals surface area (Å²) in [7, 11) is 0. The topological polar surface area (TPSA) is 110 Å². The van der Waals surface area contributed by atoms with Crippen LogP contribution in [0.3, 0.4) is 0 Å². The van der Waals surface area contributed by atoms with Crippen molar-refractivity contribution >= 4 is 27.8 Å². The largest absolute Gasteiger partial charge is 0.478 e. The van der Waals surface area contributed by atoms with Gasteiger partial charge < -0.3 is 10.4 Å². The number of nitrogens with zero attached hydrogens (tertiary/aromatic N) is 4. The zero-order chi connectivity index (χ0) is 16.1. The van der Waals surface area contributed by atoms with Crippen LogP contribution in [0.15, 0.2) is 40.9 Å². The predicted octanol–water partition coefficient (Wildman–Crippen LogP) is 1.24. The summed E-state index contributed by atoms with van der Waals surface area (Å²) in [4.78, 5) is 22.0. The maximum atomic E-state index is 11.6. The van der Waals surface area contributed by atoms with Crippen molar-refractivity contribution in [1.29, 1.82) is 0 Å². The van der Waals surface area contributed by atoms with Crippen molar-refractivity contribution in [3.05, 3.63) is 46.7 Å². The normalized spacial score (nSPS) is 12.3. The molecule has 22 heavy (non-hydrogen) atoms. The van der Waals surface area contributed by atoms with E-state index in [4.69, 9.17) is 5.11 Å². The molecule has 0 aliphatic heterocycles. The number of carbonyl (C=O) groups is 2. The van der Waals surface area contributed by atoms with Crippen molar-refractivity contribution < 1.29 is 14.7 Å². The number of rotatable bonds is 5. The number of halogens is 1. The quantitative estimate of drug-likeness (QED) is 0.771. The van der Waals surface area contributed by atoms with Crippen LogP contribution in [0, 0.1) is 0 Å². The standard InChI is InChI=1S/C13H12BrN5O3/c1-8(15-11(20)6-7-12(21)22)13-16-17-18-19(13)10-4-2-9(14)3-5-10/h2-8H,1H3,(H,15,20)(H,21,22)/b7-6+. The highest BCUT2D eigenvalue weighted by Crippen LogP contribution is 2.16. The second-order valence-corrected chi connectivity index (χ2v) is 5.24. The lowest BCUT2D eigenvalue weighted by Crippen LogP contribution is -2.27. The lowest BCUT2D eigenvalue weighted by molar-refractivity contribution is -0.131. The Morgan fingerprint density at radius 2 is 2.00 bits per heavy atom. The van der Waals surface area contributed by atoms with Gasteiger partial charge in [-0.05, 0) is 41.6 Å². The van der Waals surface area contributed by atoms with Crippen LogP contribution < -0.4 is 5.32 Å². The molecule has 0 radical (unpaired) electrons. The average molecular weight is 366 g/mol. The van der Waals surface area contributed by atoms with Gasteiger partial charge >= 0.3 is 5.97 Å². The molecular formula is C13H12BrN5O3. The Hall–Kier alpha value is -2.55. The number of hydrogen-bond donors (Lipinski definition) is 2. The Morgan fingerprint density at radius 1 is 1.32 bits per heavy atom. The lowest BCUT2D eigenvalue weighted by Gasteiger charge is -2.12. The summed E-state index contributed by atoms with van der Waals surface area (Å²) >= 11 is 3.34. The van der Waals surface area contributed by atoms with Gasteiger partial charge in [0.1, 0.15) is 0 Å². The maximum Gasteiger partial charge on any atom is 0.328 e. The van der Waals surface area contributed by atoms with Gasteiger partial charge in [-0.25, -0.2) is 4.79 Å². The number of tetrazole rings is 1. The van der Waals surface area contributed by atoms with Gasteiger partial charge in [0.15, 0.2) is 5.82 Å². The highest BCUT2D eigenvalue weighted by Gasteiger charge is 2.17. The van der Waals surface area contributed by atoms with E-state index in [0.717, 1.165) is 22.3 Å². The van der Waals surface area contributed by atoms with Crippen molar-refractivity contribution in [3.63, 3.8) is 0 Å². The number of benzene rings is 1. The van der Waals surface area contributed by atoms with E-state index in [0.29, 0.717) is 5.82 Å². The Bertz CT molecular complexity index is 711. The SMILES string of the molecule is CC(NC(=O)/C=C/C(=O)O)c1nnnn1-c1ccc(Br)cc1. The number of carbonyl (C=O) groups excluding carboxylic acids is 1. The predicted molar refractivity (Wildman–Crippen MR) is 80.2 cm³/mol. The molecule has 9 heteroatoms. The molecule has 1 atom stereocenters. The Labute approximate surface area is 134 Å². The van der Waals surface area contributed by atoms with Crippen molar-refractivity contribution in [2.75, 3.05) is 0 Å². The molecule has 1 unspecified atom stereocenters. The number of aliphatic carboxylic acids is 1. The van der Waals surface area contributed by atoms with Crippen molar-refractivity contribution in [2.45, 2.75) is 13.0 Å². The number of aromatic nitrogens is 4. The van der Waals surface area contributed by atoms with Gasteiger partial charge in [-0.3, -0.25) is 4.79 Å². The van der Waals surface area contributed by atoms with E-state index >= 15 is 0 Å². The molecule has 0 fully saturated rings. The highest BCUT2D eigenvalue weighted by molar-refractivity contribution is 9.10. The summed E-state index contributed by atoms with van der Waals surface area (Å²) in [5.74, 6) is -1.30. The summed E-state index contributed by atoms with van der Waals surface area (Å²) in [6, 6.07) is 6.84. The average Bonchev–Trinajstić information content (AvgIpc) is 2.95. The van der Waals surface area contributed by atoms with E-state index in [1.54, 1.807) is 6.92 Å². The van der Waals surface area contributed by atoms with Crippen LogP contribution in [0.2, 0.25) is 0 Å². The molecule has 0 spiro atoms. The fourth-order valence-electron chi connectivity index (χ4n) is 1.70. The van der Waals surface area contributed by atoms with Crippen LogP contribution >= 0.6 is 15.9 Å². The van der Waals surface area contributed by atoms with Crippen molar-refractivity contribution in [3.8, 4) is 5.69 Å². The molecule has 1 amide bonds. The van der Waals surface area contributed by atoms with Crippen LogP contribution in [-0.4, -0.2) is 37.2 Å². The molecular weight excluding hydrogens is 354 g/mol. The molecule has 2 rings (SSSR count). The maximum absolute atomic E-state index is 11.6. The van der Waals surface area contributed by atoms with Gasteiger partial charge in [0.05, 0.1) is 11.7 Å². The van der Waals surface area contributed by atoms with Crippen LogP contribution in [0.1, 0.15) is 18.8 Å². The third-order valence-corrected chi connectivity index (χ3v) is 3.22. The molecule has 2 N–H and O–H groups in total. The molecule has 0 aliphatic carbocycles. The molecule has 0 bridgehead atoms. The minimum atomic E-state index is -1.19. The third-order valence-electron chi connectivity index (χ3n) is 2.69. The molecule has 2 aromatic rings. The molecule has 0 saturated heterocycles. The third kappa shape index (κ3) is 3.98. The van der Waals surface area contributed by atoms with Gasteiger partial charge in [-0.1, -0.05) is 15.9 Å².